The van der Waals surface area contributed by atoms with Gasteiger partial charge in [-0.3, -0.25) is 0 Å². The molecule has 1 aliphatic rings. The SMILES string of the molecule is CCc1ccsc1CNC(=O)N1CCCCC1. The van der Waals surface area contributed by atoms with Gasteiger partial charge in [-0.1, -0.05) is 6.92 Å². The van der Waals surface area contributed by atoms with Crippen LogP contribution in [-0.2, 0) is 13.0 Å². The fraction of sp³-hybridized carbons (Fsp3) is 0.615. The molecule has 0 unspecified atom stereocenters. The van der Waals surface area contributed by atoms with E-state index in [2.05, 4.69) is 23.7 Å². The highest BCUT2D eigenvalue weighted by Gasteiger charge is 2.16. The van der Waals surface area contributed by atoms with Crippen LogP contribution in [0.5, 0.6) is 0 Å². The summed E-state index contributed by atoms with van der Waals surface area (Å²) in [7, 11) is 0. The highest BCUT2D eigenvalue weighted by atomic mass is 32.1. The molecule has 0 aliphatic carbocycles. The van der Waals surface area contributed by atoms with Gasteiger partial charge in [0.2, 0.25) is 0 Å². The molecule has 2 heterocycles. The van der Waals surface area contributed by atoms with Crippen molar-refractivity contribution in [2.75, 3.05) is 13.1 Å². The first-order valence-electron chi connectivity index (χ1n) is 6.39. The Hall–Kier alpha value is -1.03. The number of carbonyl (C=O) groups is 1. The molecule has 4 heteroatoms. The molecule has 0 saturated carbocycles. The number of amides is 2. The molecule has 1 aromatic heterocycles. The number of nitrogens with zero attached hydrogens (tertiary/aromatic N) is 1. The molecule has 1 N–H and O–H groups in total. The van der Waals surface area contributed by atoms with E-state index in [1.54, 1.807) is 11.3 Å². The van der Waals surface area contributed by atoms with Gasteiger partial charge < -0.3 is 10.2 Å². The van der Waals surface area contributed by atoms with Gasteiger partial charge in [0.25, 0.3) is 0 Å². The molecule has 94 valence electrons. The number of aryl methyl sites for hydroxylation is 1. The van der Waals surface area contributed by atoms with E-state index in [1.807, 2.05) is 4.90 Å². The molecular weight excluding hydrogens is 232 g/mol. The van der Waals surface area contributed by atoms with Crippen LogP contribution in [0, 0.1) is 0 Å². The van der Waals surface area contributed by atoms with E-state index >= 15 is 0 Å². The highest BCUT2D eigenvalue weighted by molar-refractivity contribution is 7.10. The summed E-state index contributed by atoms with van der Waals surface area (Å²) in [5.74, 6) is 0. The fourth-order valence-corrected chi connectivity index (χ4v) is 3.12. The summed E-state index contributed by atoms with van der Waals surface area (Å²) < 4.78 is 0. The van der Waals surface area contributed by atoms with Gasteiger partial charge in [0.15, 0.2) is 0 Å². The Morgan fingerprint density at radius 1 is 1.41 bits per heavy atom. The maximum Gasteiger partial charge on any atom is 0.317 e. The number of hydrogen-bond acceptors (Lipinski definition) is 2. The van der Waals surface area contributed by atoms with Gasteiger partial charge in [0.1, 0.15) is 0 Å². The average Bonchev–Trinajstić information content (AvgIpc) is 2.84. The molecule has 1 fully saturated rings. The number of hydrogen-bond donors (Lipinski definition) is 1. The Kier molecular flexibility index (Phi) is 4.42. The van der Waals surface area contributed by atoms with Crippen LogP contribution in [-0.4, -0.2) is 24.0 Å². The topological polar surface area (TPSA) is 32.3 Å². The molecule has 0 bridgehead atoms. The third-order valence-corrected chi connectivity index (χ3v) is 4.23. The Morgan fingerprint density at radius 2 is 2.18 bits per heavy atom. The maximum atomic E-state index is 11.9. The third kappa shape index (κ3) is 3.22. The van der Waals surface area contributed by atoms with Gasteiger partial charge in [0.05, 0.1) is 6.54 Å². The molecule has 1 saturated heterocycles. The molecule has 17 heavy (non-hydrogen) atoms. The van der Waals surface area contributed by atoms with Gasteiger partial charge in [-0.05, 0) is 42.7 Å². The molecular formula is C13H20N2OS. The normalized spacial score (nSPS) is 15.9. The smallest absolute Gasteiger partial charge is 0.317 e. The van der Waals surface area contributed by atoms with Gasteiger partial charge in [-0.2, -0.15) is 0 Å². The summed E-state index contributed by atoms with van der Waals surface area (Å²) in [4.78, 5) is 15.1. The molecule has 2 amide bonds. The summed E-state index contributed by atoms with van der Waals surface area (Å²) in [5, 5.41) is 5.13. The van der Waals surface area contributed by atoms with Crippen molar-refractivity contribution in [3.63, 3.8) is 0 Å². The summed E-state index contributed by atoms with van der Waals surface area (Å²) >= 11 is 1.73. The zero-order valence-corrected chi connectivity index (χ0v) is 11.2. The third-order valence-electron chi connectivity index (χ3n) is 3.26. The number of nitrogens with one attached hydrogen (secondary N) is 1. The highest BCUT2D eigenvalue weighted by Crippen LogP contribution is 2.17. The molecule has 0 atom stereocenters. The van der Waals surface area contributed by atoms with E-state index < -0.39 is 0 Å². The Bertz CT molecular complexity index is 369. The lowest BCUT2D eigenvalue weighted by atomic mass is 10.1. The van der Waals surface area contributed by atoms with E-state index in [0.29, 0.717) is 6.54 Å². The van der Waals surface area contributed by atoms with Gasteiger partial charge in [-0.15, -0.1) is 11.3 Å². The summed E-state index contributed by atoms with van der Waals surface area (Å²) in [6.45, 7) is 4.65. The van der Waals surface area contributed by atoms with Crippen LogP contribution in [0.3, 0.4) is 0 Å². The first-order chi connectivity index (χ1) is 8.31. The number of urea groups is 1. The standard InChI is InChI=1S/C13H20N2OS/c1-2-11-6-9-17-12(11)10-14-13(16)15-7-4-3-5-8-15/h6,9H,2-5,7-8,10H2,1H3,(H,14,16). The summed E-state index contributed by atoms with van der Waals surface area (Å²) in [6.07, 6.45) is 4.59. The van der Waals surface area contributed by atoms with Crippen LogP contribution < -0.4 is 5.32 Å². The molecule has 0 radical (unpaired) electrons. The summed E-state index contributed by atoms with van der Waals surface area (Å²) in [6, 6.07) is 2.24. The van der Waals surface area contributed by atoms with Crippen molar-refractivity contribution < 1.29 is 4.79 Å². The maximum absolute atomic E-state index is 11.9. The van der Waals surface area contributed by atoms with Crippen LogP contribution in [0.25, 0.3) is 0 Å². The second-order valence-corrected chi connectivity index (χ2v) is 5.43. The first-order valence-corrected chi connectivity index (χ1v) is 7.27. The molecule has 2 rings (SSSR count). The van der Waals surface area contributed by atoms with E-state index in [4.69, 9.17) is 0 Å². The second kappa shape index (κ2) is 6.05. The lowest BCUT2D eigenvalue weighted by Crippen LogP contribution is -2.42. The van der Waals surface area contributed by atoms with Crippen LogP contribution in [0.15, 0.2) is 11.4 Å². The first kappa shape index (κ1) is 12.4. The molecule has 0 spiro atoms. The van der Waals surface area contributed by atoms with Crippen molar-refractivity contribution in [2.24, 2.45) is 0 Å². The van der Waals surface area contributed by atoms with E-state index in [1.165, 1.54) is 16.9 Å². The number of likely N-dealkylation sites (tertiary alicyclic amines) is 1. The van der Waals surface area contributed by atoms with Crippen LogP contribution in [0.1, 0.15) is 36.6 Å². The van der Waals surface area contributed by atoms with Crippen molar-refractivity contribution in [1.82, 2.24) is 10.2 Å². The average molecular weight is 252 g/mol. The lowest BCUT2D eigenvalue weighted by Gasteiger charge is -2.26. The minimum atomic E-state index is 0.0974. The minimum Gasteiger partial charge on any atom is -0.333 e. The second-order valence-electron chi connectivity index (χ2n) is 4.43. The van der Waals surface area contributed by atoms with Crippen molar-refractivity contribution in [3.8, 4) is 0 Å². The monoisotopic (exact) mass is 252 g/mol. The number of carbonyl (C=O) groups excluding carboxylic acids is 1. The van der Waals surface area contributed by atoms with Crippen molar-refractivity contribution >= 4 is 17.4 Å². The molecule has 1 aliphatic heterocycles. The van der Waals surface area contributed by atoms with E-state index in [-0.39, 0.29) is 6.03 Å². The molecule has 3 nitrogen and oxygen atoms in total. The molecule has 0 aromatic carbocycles. The zero-order valence-electron chi connectivity index (χ0n) is 10.4. The van der Waals surface area contributed by atoms with Gasteiger partial charge in [0, 0.05) is 18.0 Å². The Morgan fingerprint density at radius 3 is 2.88 bits per heavy atom. The van der Waals surface area contributed by atoms with Crippen LogP contribution in [0.4, 0.5) is 4.79 Å². The summed E-state index contributed by atoms with van der Waals surface area (Å²) in [5.41, 5.74) is 1.36. The van der Waals surface area contributed by atoms with Crippen molar-refractivity contribution in [2.45, 2.75) is 39.2 Å². The largest absolute Gasteiger partial charge is 0.333 e. The minimum absolute atomic E-state index is 0.0974. The van der Waals surface area contributed by atoms with Crippen LogP contribution >= 0.6 is 11.3 Å². The predicted octanol–water partition coefficient (Wildman–Crippen LogP) is 3.01. The number of rotatable bonds is 3. The Labute approximate surface area is 107 Å². The van der Waals surface area contributed by atoms with E-state index in [9.17, 15) is 4.79 Å². The Balaban J connectivity index is 1.83. The lowest BCUT2D eigenvalue weighted by molar-refractivity contribution is 0.186. The van der Waals surface area contributed by atoms with Gasteiger partial charge >= 0.3 is 6.03 Å². The van der Waals surface area contributed by atoms with Crippen LogP contribution in [0.2, 0.25) is 0 Å². The van der Waals surface area contributed by atoms with Gasteiger partial charge in [-0.25, -0.2) is 4.79 Å². The van der Waals surface area contributed by atoms with Crippen molar-refractivity contribution in [1.29, 1.82) is 0 Å². The fourth-order valence-electron chi connectivity index (χ4n) is 2.20. The van der Waals surface area contributed by atoms with Crippen molar-refractivity contribution in [3.05, 3.63) is 21.9 Å². The zero-order chi connectivity index (χ0) is 12.1. The predicted molar refractivity (Wildman–Crippen MR) is 71.4 cm³/mol. The molecule has 1 aromatic rings. The number of piperidine rings is 1. The van der Waals surface area contributed by atoms with E-state index in [0.717, 1.165) is 32.4 Å². The number of thiophene rings is 1. The quantitative estimate of drug-likeness (QED) is 0.881.